The van der Waals surface area contributed by atoms with E-state index in [0.717, 1.165) is 76.6 Å². The Labute approximate surface area is 201 Å². The van der Waals surface area contributed by atoms with Crippen molar-refractivity contribution >= 4 is 17.6 Å². The van der Waals surface area contributed by atoms with E-state index >= 15 is 0 Å². The number of hydrogen-bond acceptors (Lipinski definition) is 7. The number of aliphatic hydroxyl groups is 1. The number of pyridine rings is 1. The molecule has 2 N–H and O–H groups in total. The minimum atomic E-state index is -0.367. The third kappa shape index (κ3) is 5.72. The van der Waals surface area contributed by atoms with Gasteiger partial charge in [-0.1, -0.05) is 13.0 Å². The monoisotopic (exact) mass is 471 g/mol. The van der Waals surface area contributed by atoms with Gasteiger partial charge in [-0.15, -0.1) is 11.3 Å². The summed E-state index contributed by atoms with van der Waals surface area (Å²) in [7, 11) is 1.93. The lowest BCUT2D eigenvalue weighted by atomic mass is 9.77. The van der Waals surface area contributed by atoms with Crippen molar-refractivity contribution in [3.63, 3.8) is 0 Å². The molecule has 180 valence electrons. The second-order valence-electron chi connectivity index (χ2n) is 9.87. The van der Waals surface area contributed by atoms with Gasteiger partial charge in [0.2, 0.25) is 0 Å². The summed E-state index contributed by atoms with van der Waals surface area (Å²) in [5, 5.41) is 12.3. The van der Waals surface area contributed by atoms with Gasteiger partial charge >= 0.3 is 0 Å². The molecule has 0 amide bonds. The number of rotatable bonds is 5. The molecule has 2 aliphatic heterocycles. The number of aldehydes is 1. The number of ether oxygens (including phenoxy) is 1. The molecule has 0 aromatic carbocycles. The van der Waals surface area contributed by atoms with Crippen LogP contribution in [0.5, 0.6) is 0 Å². The SMILES string of the molecule is CCc1cc2c(s1)CCOC21CCN(Cc2ccc(C=O)nc2)CC1.CNC1CC(C)(O)C1. The first kappa shape index (κ1) is 24.5. The quantitative estimate of drug-likeness (QED) is 0.648. The summed E-state index contributed by atoms with van der Waals surface area (Å²) in [6, 6.07) is 6.76. The summed E-state index contributed by atoms with van der Waals surface area (Å²) in [4.78, 5) is 20.4. The molecule has 5 rings (SSSR count). The highest BCUT2D eigenvalue weighted by Gasteiger charge is 2.41. The van der Waals surface area contributed by atoms with Crippen molar-refractivity contribution in [3.05, 3.63) is 51.0 Å². The van der Waals surface area contributed by atoms with E-state index in [0.29, 0.717) is 11.7 Å². The van der Waals surface area contributed by atoms with Gasteiger partial charge in [-0.3, -0.25) is 14.7 Å². The minimum absolute atomic E-state index is 0.0619. The van der Waals surface area contributed by atoms with Gasteiger partial charge in [-0.25, -0.2) is 0 Å². The molecule has 0 radical (unpaired) electrons. The number of hydrogen-bond donors (Lipinski definition) is 2. The number of carbonyl (C=O) groups is 1. The van der Waals surface area contributed by atoms with Gasteiger partial charge in [0.25, 0.3) is 0 Å². The van der Waals surface area contributed by atoms with Crippen molar-refractivity contribution in [3.8, 4) is 0 Å². The van der Waals surface area contributed by atoms with Crippen LogP contribution in [0.25, 0.3) is 0 Å². The van der Waals surface area contributed by atoms with Crippen LogP contribution in [-0.2, 0) is 29.7 Å². The maximum atomic E-state index is 10.7. The lowest BCUT2D eigenvalue weighted by molar-refractivity contribution is -0.0981. The normalized spacial score (nSPS) is 26.1. The van der Waals surface area contributed by atoms with Crippen molar-refractivity contribution in [2.24, 2.45) is 0 Å². The predicted octanol–water partition coefficient (Wildman–Crippen LogP) is 3.70. The highest BCUT2D eigenvalue weighted by atomic mass is 32.1. The summed E-state index contributed by atoms with van der Waals surface area (Å²) in [6.45, 7) is 7.92. The molecule has 4 heterocycles. The Hall–Kier alpha value is -1.64. The Kier molecular flexibility index (Phi) is 7.66. The van der Waals surface area contributed by atoms with E-state index < -0.39 is 0 Å². The lowest BCUT2D eigenvalue weighted by Crippen LogP contribution is -2.50. The number of nitrogens with zero attached hydrogens (tertiary/aromatic N) is 2. The van der Waals surface area contributed by atoms with Gasteiger partial charge < -0.3 is 15.2 Å². The maximum absolute atomic E-state index is 10.7. The Balaban J connectivity index is 0.000000275. The molecule has 1 spiro atoms. The summed E-state index contributed by atoms with van der Waals surface area (Å²) < 4.78 is 6.35. The Morgan fingerprint density at radius 2 is 2.09 bits per heavy atom. The molecule has 2 fully saturated rings. The van der Waals surface area contributed by atoms with E-state index in [9.17, 15) is 9.90 Å². The van der Waals surface area contributed by atoms with Crippen LogP contribution in [-0.4, -0.2) is 59.7 Å². The van der Waals surface area contributed by atoms with Crippen molar-refractivity contribution in [2.45, 2.75) is 76.2 Å². The topological polar surface area (TPSA) is 74.7 Å². The average Bonchev–Trinajstić information content (AvgIpc) is 3.25. The lowest BCUT2D eigenvalue weighted by Gasteiger charge is -2.44. The minimum Gasteiger partial charge on any atom is -0.390 e. The zero-order valence-electron chi connectivity index (χ0n) is 20.1. The molecule has 0 unspecified atom stereocenters. The largest absolute Gasteiger partial charge is 0.390 e. The first-order valence-electron chi connectivity index (χ1n) is 12.1. The summed E-state index contributed by atoms with van der Waals surface area (Å²) >= 11 is 1.98. The molecule has 1 saturated heterocycles. The first-order valence-corrected chi connectivity index (χ1v) is 13.0. The van der Waals surface area contributed by atoms with Crippen molar-refractivity contribution in [2.75, 3.05) is 26.7 Å². The number of aryl methyl sites for hydroxylation is 1. The van der Waals surface area contributed by atoms with Crippen LogP contribution in [0.15, 0.2) is 24.4 Å². The zero-order valence-corrected chi connectivity index (χ0v) is 20.9. The first-order chi connectivity index (χ1) is 15.9. The molecular weight excluding hydrogens is 434 g/mol. The van der Waals surface area contributed by atoms with E-state index in [4.69, 9.17) is 4.74 Å². The van der Waals surface area contributed by atoms with Crippen LogP contribution in [0.2, 0.25) is 0 Å². The fraction of sp³-hybridized carbons (Fsp3) is 0.615. The Morgan fingerprint density at radius 1 is 1.33 bits per heavy atom. The van der Waals surface area contributed by atoms with E-state index in [1.165, 1.54) is 10.4 Å². The predicted molar refractivity (Wildman–Crippen MR) is 132 cm³/mol. The summed E-state index contributed by atoms with van der Waals surface area (Å²) in [6.07, 6.45) is 8.71. The fourth-order valence-electron chi connectivity index (χ4n) is 5.20. The molecule has 0 atom stereocenters. The molecule has 6 nitrogen and oxygen atoms in total. The summed E-state index contributed by atoms with van der Waals surface area (Å²) in [5.41, 5.74) is 2.70. The molecule has 2 aromatic heterocycles. The van der Waals surface area contributed by atoms with Crippen LogP contribution in [0.4, 0.5) is 0 Å². The third-order valence-corrected chi connectivity index (χ3v) is 8.56. The van der Waals surface area contributed by atoms with Crippen molar-refractivity contribution in [1.29, 1.82) is 0 Å². The van der Waals surface area contributed by atoms with E-state index in [1.54, 1.807) is 10.9 Å². The van der Waals surface area contributed by atoms with Gasteiger partial charge in [0.15, 0.2) is 6.29 Å². The number of aromatic nitrogens is 1. The zero-order chi connectivity index (χ0) is 23.5. The second-order valence-corrected chi connectivity index (χ2v) is 11.1. The highest BCUT2D eigenvalue weighted by molar-refractivity contribution is 7.12. The Bertz CT molecular complexity index is 925. The summed E-state index contributed by atoms with van der Waals surface area (Å²) in [5.74, 6) is 0. The van der Waals surface area contributed by atoms with Crippen LogP contribution < -0.4 is 5.32 Å². The third-order valence-electron chi connectivity index (χ3n) is 7.23. The van der Waals surface area contributed by atoms with Crippen LogP contribution >= 0.6 is 11.3 Å². The molecule has 7 heteroatoms. The molecule has 1 aliphatic carbocycles. The second kappa shape index (κ2) is 10.3. The number of fused-ring (bicyclic) bond motifs is 2. The van der Waals surface area contributed by atoms with E-state index in [1.807, 2.05) is 37.6 Å². The fourth-order valence-corrected chi connectivity index (χ4v) is 6.37. The number of nitrogens with one attached hydrogen (secondary N) is 1. The Morgan fingerprint density at radius 3 is 2.64 bits per heavy atom. The van der Waals surface area contributed by atoms with E-state index in [-0.39, 0.29) is 11.2 Å². The highest BCUT2D eigenvalue weighted by Crippen LogP contribution is 2.44. The van der Waals surface area contributed by atoms with Gasteiger partial charge in [0, 0.05) is 48.0 Å². The van der Waals surface area contributed by atoms with Gasteiger partial charge in [-0.05, 0) is 69.3 Å². The number of likely N-dealkylation sites (tertiary alicyclic amines) is 1. The number of thiophene rings is 1. The molecule has 1 saturated carbocycles. The standard InChI is InChI=1S/C20H24N2O2S.C6H13NO/c1-2-17-11-18-19(25-17)5-10-24-20(18)6-8-22(9-7-20)13-15-3-4-16(14-23)21-12-15;1-6(8)3-5(4-6)7-2/h3-4,11-12,14H,2,5-10,13H2,1H3;5,7-8H,3-4H2,1-2H3. The molecule has 3 aliphatic rings. The van der Waals surface area contributed by atoms with Crippen LogP contribution in [0.1, 0.15) is 70.9 Å². The smallest absolute Gasteiger partial charge is 0.168 e. The number of piperidine rings is 1. The van der Waals surface area contributed by atoms with Gasteiger partial charge in [0.05, 0.1) is 17.8 Å². The van der Waals surface area contributed by atoms with Gasteiger partial charge in [-0.2, -0.15) is 0 Å². The van der Waals surface area contributed by atoms with E-state index in [2.05, 4.69) is 28.2 Å². The van der Waals surface area contributed by atoms with Crippen molar-refractivity contribution < 1.29 is 14.6 Å². The number of carbonyl (C=O) groups excluding carboxylic acids is 1. The molecular formula is C26H37N3O3S. The van der Waals surface area contributed by atoms with Crippen LogP contribution in [0.3, 0.4) is 0 Å². The molecule has 33 heavy (non-hydrogen) atoms. The van der Waals surface area contributed by atoms with Crippen LogP contribution in [0, 0.1) is 0 Å². The van der Waals surface area contributed by atoms with Gasteiger partial charge in [0.1, 0.15) is 5.69 Å². The molecule has 2 aromatic rings. The van der Waals surface area contributed by atoms with Crippen molar-refractivity contribution in [1.82, 2.24) is 15.2 Å². The molecule has 0 bridgehead atoms. The average molecular weight is 472 g/mol. The maximum Gasteiger partial charge on any atom is 0.168 e.